The van der Waals surface area contributed by atoms with E-state index in [1.165, 1.54) is 122 Å². The van der Waals surface area contributed by atoms with E-state index < -0.39 is 0 Å². The summed E-state index contributed by atoms with van der Waals surface area (Å²) in [4.78, 5) is 0. The van der Waals surface area contributed by atoms with Gasteiger partial charge in [0.2, 0.25) is 0 Å². The fourth-order valence-electron chi connectivity index (χ4n) is 4.16. The molecular formula is C31H63O4. The Bertz CT molecular complexity index is 319. The van der Waals surface area contributed by atoms with Crippen LogP contribution in [0.25, 0.3) is 0 Å². The molecule has 0 spiro atoms. The number of rotatable bonds is 32. The van der Waals surface area contributed by atoms with Gasteiger partial charge in [-0.05, 0) is 25.7 Å². The van der Waals surface area contributed by atoms with E-state index in [0.29, 0.717) is 33.0 Å². The van der Waals surface area contributed by atoms with E-state index in [-0.39, 0.29) is 0 Å². The van der Waals surface area contributed by atoms with E-state index in [1.54, 1.807) is 0 Å². The van der Waals surface area contributed by atoms with Crippen LogP contribution in [-0.4, -0.2) is 52.9 Å². The molecule has 0 amide bonds. The van der Waals surface area contributed by atoms with E-state index in [1.807, 2.05) is 0 Å². The first-order valence-electron chi connectivity index (χ1n) is 15.5. The summed E-state index contributed by atoms with van der Waals surface area (Å²) < 4.78 is 22.5. The molecule has 0 unspecified atom stereocenters. The Morgan fingerprint density at radius 1 is 0.343 bits per heavy atom. The van der Waals surface area contributed by atoms with Gasteiger partial charge < -0.3 is 18.9 Å². The topological polar surface area (TPSA) is 36.9 Å². The van der Waals surface area contributed by atoms with E-state index in [0.717, 1.165) is 26.2 Å². The molecule has 0 N–H and O–H groups in total. The van der Waals surface area contributed by atoms with Crippen molar-refractivity contribution in [3.63, 3.8) is 0 Å². The summed E-state index contributed by atoms with van der Waals surface area (Å²) in [7, 11) is 0. The molecule has 0 aromatic carbocycles. The SMILES string of the molecule is CCCCCCCCCCCCOCCOC[CH]CCOCCOCCCCCCCCCCC. The maximum atomic E-state index is 5.67. The molecule has 0 fully saturated rings. The van der Waals surface area contributed by atoms with Crippen LogP contribution in [0.1, 0.15) is 142 Å². The second kappa shape index (κ2) is 33.8. The highest BCUT2D eigenvalue weighted by Gasteiger charge is 1.96. The average Bonchev–Trinajstić information content (AvgIpc) is 2.87. The molecule has 4 nitrogen and oxygen atoms in total. The number of unbranched alkanes of at least 4 members (excludes halogenated alkanes) is 18. The molecule has 35 heavy (non-hydrogen) atoms. The van der Waals surface area contributed by atoms with Crippen LogP contribution in [0, 0.1) is 6.42 Å². The molecule has 0 aromatic heterocycles. The van der Waals surface area contributed by atoms with Gasteiger partial charge >= 0.3 is 0 Å². The molecule has 0 aliphatic heterocycles. The summed E-state index contributed by atoms with van der Waals surface area (Å²) in [6.07, 6.45) is 28.9. The fraction of sp³-hybridized carbons (Fsp3) is 0.968. The van der Waals surface area contributed by atoms with E-state index in [4.69, 9.17) is 18.9 Å². The van der Waals surface area contributed by atoms with E-state index >= 15 is 0 Å². The standard InChI is InChI=1S/C31H63O4/c1-3-5-7-9-11-13-15-17-19-21-25-33-29-31-35-27-23-22-26-34-30-28-32-24-20-18-16-14-12-10-8-6-4-2/h23H,3-22,24-31H2,1-2H3. The smallest absolute Gasteiger partial charge is 0.0700 e. The quantitative estimate of drug-likeness (QED) is 0.0865. The number of hydrogen-bond donors (Lipinski definition) is 0. The molecule has 0 rings (SSSR count). The molecule has 1 radical (unpaired) electrons. The van der Waals surface area contributed by atoms with Gasteiger partial charge in [-0.2, -0.15) is 0 Å². The van der Waals surface area contributed by atoms with Crippen molar-refractivity contribution in [2.75, 3.05) is 52.9 Å². The molecular weight excluding hydrogens is 436 g/mol. The minimum atomic E-state index is 0.681. The van der Waals surface area contributed by atoms with Crippen LogP contribution >= 0.6 is 0 Å². The Balaban J connectivity index is 3.00. The third-order valence-electron chi connectivity index (χ3n) is 6.48. The fourth-order valence-corrected chi connectivity index (χ4v) is 4.16. The minimum absolute atomic E-state index is 0.681. The monoisotopic (exact) mass is 499 g/mol. The van der Waals surface area contributed by atoms with Gasteiger partial charge in [-0.1, -0.05) is 123 Å². The Labute approximate surface area is 220 Å². The van der Waals surface area contributed by atoms with Gasteiger partial charge in [-0.3, -0.25) is 0 Å². The highest BCUT2D eigenvalue weighted by atomic mass is 16.5. The molecule has 0 aliphatic rings. The van der Waals surface area contributed by atoms with Crippen molar-refractivity contribution in [3.8, 4) is 0 Å². The Morgan fingerprint density at radius 3 is 1.11 bits per heavy atom. The first-order valence-corrected chi connectivity index (χ1v) is 15.5. The zero-order valence-electron chi connectivity index (χ0n) is 24.0. The van der Waals surface area contributed by atoms with Crippen molar-refractivity contribution in [2.24, 2.45) is 0 Å². The summed E-state index contributed by atoms with van der Waals surface area (Å²) in [5, 5.41) is 0. The lowest BCUT2D eigenvalue weighted by Crippen LogP contribution is -2.08. The van der Waals surface area contributed by atoms with Crippen LogP contribution in [0.2, 0.25) is 0 Å². The predicted molar refractivity (Wildman–Crippen MR) is 151 cm³/mol. The minimum Gasteiger partial charge on any atom is -0.379 e. The van der Waals surface area contributed by atoms with Gasteiger partial charge in [0.1, 0.15) is 0 Å². The summed E-state index contributed by atoms with van der Waals surface area (Å²) >= 11 is 0. The molecule has 0 aromatic rings. The lowest BCUT2D eigenvalue weighted by atomic mass is 10.1. The third kappa shape index (κ3) is 33.8. The number of ether oxygens (including phenoxy) is 4. The highest BCUT2D eigenvalue weighted by molar-refractivity contribution is 4.62. The molecule has 0 aliphatic carbocycles. The van der Waals surface area contributed by atoms with Crippen LogP contribution in [0.4, 0.5) is 0 Å². The Kier molecular flexibility index (Phi) is 33.7. The number of hydrogen-bond acceptors (Lipinski definition) is 4. The average molecular weight is 500 g/mol. The molecule has 0 heterocycles. The van der Waals surface area contributed by atoms with Crippen molar-refractivity contribution in [1.82, 2.24) is 0 Å². The van der Waals surface area contributed by atoms with Gasteiger partial charge in [0.05, 0.1) is 26.4 Å². The van der Waals surface area contributed by atoms with Gasteiger partial charge in [0.25, 0.3) is 0 Å². The Hall–Kier alpha value is -0.160. The molecule has 0 bridgehead atoms. The van der Waals surface area contributed by atoms with Crippen LogP contribution < -0.4 is 0 Å². The summed E-state index contributed by atoms with van der Waals surface area (Å²) in [5.41, 5.74) is 0. The second-order valence-electron chi connectivity index (χ2n) is 10.00. The van der Waals surface area contributed by atoms with Crippen LogP contribution in [0.5, 0.6) is 0 Å². The molecule has 0 saturated carbocycles. The second-order valence-corrected chi connectivity index (χ2v) is 10.00. The zero-order chi connectivity index (χ0) is 25.3. The van der Waals surface area contributed by atoms with Crippen molar-refractivity contribution in [2.45, 2.75) is 142 Å². The first-order chi connectivity index (χ1) is 17.4. The first kappa shape index (κ1) is 34.8. The van der Waals surface area contributed by atoms with Crippen LogP contribution in [0.15, 0.2) is 0 Å². The lowest BCUT2D eigenvalue weighted by molar-refractivity contribution is 0.0413. The van der Waals surface area contributed by atoms with Crippen molar-refractivity contribution >= 4 is 0 Å². The third-order valence-corrected chi connectivity index (χ3v) is 6.48. The zero-order valence-corrected chi connectivity index (χ0v) is 24.0. The normalized spacial score (nSPS) is 11.5. The lowest BCUT2D eigenvalue weighted by Gasteiger charge is -2.07. The Morgan fingerprint density at radius 2 is 0.686 bits per heavy atom. The molecule has 0 atom stereocenters. The molecule has 0 saturated heterocycles. The predicted octanol–water partition coefficient (Wildman–Crippen LogP) is 9.10. The molecule has 4 heteroatoms. The van der Waals surface area contributed by atoms with E-state index in [9.17, 15) is 0 Å². The largest absolute Gasteiger partial charge is 0.379 e. The summed E-state index contributed by atoms with van der Waals surface area (Å²) in [6, 6.07) is 0. The summed E-state index contributed by atoms with van der Waals surface area (Å²) in [6.45, 7) is 10.5. The maximum absolute atomic E-state index is 5.67. The van der Waals surface area contributed by atoms with Crippen molar-refractivity contribution in [1.29, 1.82) is 0 Å². The van der Waals surface area contributed by atoms with Gasteiger partial charge in [-0.15, -0.1) is 0 Å². The molecule has 211 valence electrons. The van der Waals surface area contributed by atoms with Crippen LogP contribution in [-0.2, 0) is 18.9 Å². The van der Waals surface area contributed by atoms with Crippen molar-refractivity contribution < 1.29 is 18.9 Å². The van der Waals surface area contributed by atoms with Crippen LogP contribution in [0.3, 0.4) is 0 Å². The van der Waals surface area contributed by atoms with Crippen molar-refractivity contribution in [3.05, 3.63) is 6.42 Å². The van der Waals surface area contributed by atoms with Gasteiger partial charge in [0, 0.05) is 26.4 Å². The van der Waals surface area contributed by atoms with Gasteiger partial charge in [-0.25, -0.2) is 0 Å². The summed E-state index contributed by atoms with van der Waals surface area (Å²) in [5.74, 6) is 0. The van der Waals surface area contributed by atoms with Gasteiger partial charge in [0.15, 0.2) is 0 Å². The maximum Gasteiger partial charge on any atom is 0.0700 e. The van der Waals surface area contributed by atoms with E-state index in [2.05, 4.69) is 20.3 Å². The highest BCUT2D eigenvalue weighted by Crippen LogP contribution is 2.11.